The van der Waals surface area contributed by atoms with Crippen LogP contribution in [0.1, 0.15) is 12.8 Å². The second-order valence-corrected chi connectivity index (χ2v) is 8.29. The average Bonchev–Trinajstić information content (AvgIpc) is 3.05. The van der Waals surface area contributed by atoms with E-state index in [1.165, 1.54) is 0 Å². The molecule has 8 heteroatoms. The molecule has 0 aliphatic carbocycles. The van der Waals surface area contributed by atoms with Gasteiger partial charge in [0.25, 0.3) is 10.2 Å². The van der Waals surface area contributed by atoms with E-state index in [0.717, 1.165) is 18.5 Å². The van der Waals surface area contributed by atoms with E-state index in [2.05, 4.69) is 4.90 Å². The van der Waals surface area contributed by atoms with Crippen LogP contribution in [0.4, 0.5) is 5.69 Å². The van der Waals surface area contributed by atoms with Crippen molar-refractivity contribution in [3.63, 3.8) is 0 Å². The molecule has 0 radical (unpaired) electrons. The zero-order chi connectivity index (χ0) is 15.7. The van der Waals surface area contributed by atoms with Gasteiger partial charge in [-0.3, -0.25) is 0 Å². The minimum absolute atomic E-state index is 0.474. The largest absolute Gasteiger partial charge is 0.368 e. The molecular weight excluding hydrogens is 345 g/mol. The normalized spacial score (nSPS) is 21.5. The van der Waals surface area contributed by atoms with Crippen LogP contribution in [0.3, 0.4) is 0 Å². The van der Waals surface area contributed by atoms with Gasteiger partial charge in [-0.25, -0.2) is 0 Å². The van der Waals surface area contributed by atoms with Crippen LogP contribution in [0.25, 0.3) is 0 Å². The lowest BCUT2D eigenvalue weighted by Gasteiger charge is -2.37. The third-order valence-electron chi connectivity index (χ3n) is 4.23. The van der Waals surface area contributed by atoms with Crippen molar-refractivity contribution in [1.82, 2.24) is 8.61 Å². The molecule has 0 bridgehead atoms. The first-order chi connectivity index (χ1) is 10.5. The molecule has 0 N–H and O–H groups in total. The Morgan fingerprint density at radius 3 is 2.09 bits per heavy atom. The Labute approximate surface area is 141 Å². The van der Waals surface area contributed by atoms with Crippen molar-refractivity contribution in [1.29, 1.82) is 0 Å². The smallest absolute Gasteiger partial charge is 0.282 e. The zero-order valence-corrected chi connectivity index (χ0v) is 14.5. The van der Waals surface area contributed by atoms with Crippen molar-refractivity contribution < 1.29 is 8.42 Å². The van der Waals surface area contributed by atoms with Gasteiger partial charge in [-0.1, -0.05) is 29.3 Å². The summed E-state index contributed by atoms with van der Waals surface area (Å²) in [6, 6.07) is 5.53. The van der Waals surface area contributed by atoms with Crippen LogP contribution in [0.2, 0.25) is 10.0 Å². The van der Waals surface area contributed by atoms with E-state index in [1.807, 2.05) is 12.1 Å². The third kappa shape index (κ3) is 3.08. The van der Waals surface area contributed by atoms with Gasteiger partial charge in [-0.05, 0) is 25.0 Å². The Kier molecular flexibility index (Phi) is 4.85. The monoisotopic (exact) mass is 363 g/mol. The second kappa shape index (κ2) is 6.53. The van der Waals surface area contributed by atoms with E-state index < -0.39 is 10.2 Å². The van der Waals surface area contributed by atoms with Gasteiger partial charge in [-0.2, -0.15) is 17.0 Å². The van der Waals surface area contributed by atoms with Gasteiger partial charge in [0, 0.05) is 39.3 Å². The topological polar surface area (TPSA) is 43.9 Å². The first-order valence-electron chi connectivity index (χ1n) is 7.44. The molecular formula is C14H19Cl2N3O2S. The Hall–Kier alpha value is -0.530. The molecule has 0 atom stereocenters. The van der Waals surface area contributed by atoms with E-state index in [9.17, 15) is 8.42 Å². The highest BCUT2D eigenvalue weighted by Gasteiger charge is 2.34. The molecule has 0 amide bonds. The Morgan fingerprint density at radius 1 is 0.864 bits per heavy atom. The van der Waals surface area contributed by atoms with Gasteiger partial charge in [0.15, 0.2) is 0 Å². The molecule has 1 aromatic carbocycles. The van der Waals surface area contributed by atoms with Crippen LogP contribution in [0.15, 0.2) is 18.2 Å². The minimum Gasteiger partial charge on any atom is -0.368 e. The zero-order valence-electron chi connectivity index (χ0n) is 12.2. The Bertz CT molecular complexity index is 639. The highest BCUT2D eigenvalue weighted by molar-refractivity contribution is 7.86. The van der Waals surface area contributed by atoms with Crippen molar-refractivity contribution in [2.45, 2.75) is 12.8 Å². The quantitative estimate of drug-likeness (QED) is 0.828. The van der Waals surface area contributed by atoms with Gasteiger partial charge in [0.05, 0.1) is 15.7 Å². The standard InChI is InChI=1S/C14H19Cl2N3O2S/c15-12-4-3-5-13(14(12)16)17-8-10-19(11-9-17)22(20,21)18-6-1-2-7-18/h3-5H,1-2,6-11H2. The lowest BCUT2D eigenvalue weighted by molar-refractivity contribution is 0.343. The molecule has 5 nitrogen and oxygen atoms in total. The van der Waals surface area contributed by atoms with E-state index in [4.69, 9.17) is 23.2 Å². The molecule has 0 aromatic heterocycles. The van der Waals surface area contributed by atoms with Gasteiger partial charge < -0.3 is 4.90 Å². The molecule has 2 heterocycles. The molecule has 0 unspecified atom stereocenters. The number of piperazine rings is 1. The summed E-state index contributed by atoms with van der Waals surface area (Å²) in [7, 11) is -3.30. The molecule has 3 rings (SSSR count). The molecule has 2 aliphatic rings. The summed E-state index contributed by atoms with van der Waals surface area (Å²) in [6.45, 7) is 3.47. The fourth-order valence-electron chi connectivity index (χ4n) is 2.98. The van der Waals surface area contributed by atoms with E-state index >= 15 is 0 Å². The molecule has 1 aromatic rings. The van der Waals surface area contributed by atoms with Gasteiger partial charge >= 0.3 is 0 Å². The maximum Gasteiger partial charge on any atom is 0.282 e. The van der Waals surface area contributed by atoms with Crippen LogP contribution in [0, 0.1) is 0 Å². The highest BCUT2D eigenvalue weighted by atomic mass is 35.5. The summed E-state index contributed by atoms with van der Waals surface area (Å²) in [5.74, 6) is 0. The van der Waals surface area contributed by atoms with E-state index in [-0.39, 0.29) is 0 Å². The van der Waals surface area contributed by atoms with Crippen molar-refractivity contribution in [3.8, 4) is 0 Å². The number of anilines is 1. The van der Waals surface area contributed by atoms with Crippen LogP contribution < -0.4 is 4.90 Å². The number of nitrogens with zero attached hydrogens (tertiary/aromatic N) is 3. The number of hydrogen-bond acceptors (Lipinski definition) is 3. The first-order valence-corrected chi connectivity index (χ1v) is 9.59. The second-order valence-electron chi connectivity index (χ2n) is 5.57. The Balaban J connectivity index is 1.69. The number of rotatable bonds is 3. The molecule has 122 valence electrons. The third-order valence-corrected chi connectivity index (χ3v) is 7.07. The number of halogens is 2. The predicted octanol–water partition coefficient (Wildman–Crippen LogP) is 2.46. The lowest BCUT2D eigenvalue weighted by Crippen LogP contribution is -2.52. The summed E-state index contributed by atoms with van der Waals surface area (Å²) in [5.41, 5.74) is 0.868. The summed E-state index contributed by atoms with van der Waals surface area (Å²) < 4.78 is 28.2. The van der Waals surface area contributed by atoms with Crippen molar-refractivity contribution in [3.05, 3.63) is 28.2 Å². The predicted molar refractivity (Wildman–Crippen MR) is 90.0 cm³/mol. The van der Waals surface area contributed by atoms with Gasteiger partial charge in [0.2, 0.25) is 0 Å². The van der Waals surface area contributed by atoms with Crippen molar-refractivity contribution in [2.75, 3.05) is 44.2 Å². The molecule has 2 saturated heterocycles. The van der Waals surface area contributed by atoms with Gasteiger partial charge in [0.1, 0.15) is 0 Å². The summed E-state index contributed by atoms with van der Waals surface area (Å²) in [6.07, 6.45) is 1.91. The summed E-state index contributed by atoms with van der Waals surface area (Å²) in [4.78, 5) is 2.09. The highest BCUT2D eigenvalue weighted by Crippen LogP contribution is 2.33. The molecule has 0 spiro atoms. The summed E-state index contributed by atoms with van der Waals surface area (Å²) >= 11 is 12.3. The van der Waals surface area contributed by atoms with Crippen LogP contribution >= 0.6 is 23.2 Å². The van der Waals surface area contributed by atoms with Crippen LogP contribution in [-0.4, -0.2) is 56.3 Å². The minimum atomic E-state index is -3.30. The maximum absolute atomic E-state index is 12.5. The first kappa shape index (κ1) is 16.3. The molecule has 2 aliphatic heterocycles. The fourth-order valence-corrected chi connectivity index (χ4v) is 5.06. The summed E-state index contributed by atoms with van der Waals surface area (Å²) in [5, 5.41) is 1.05. The van der Waals surface area contributed by atoms with Crippen molar-refractivity contribution in [2.24, 2.45) is 0 Å². The number of benzene rings is 1. The maximum atomic E-state index is 12.5. The lowest BCUT2D eigenvalue weighted by atomic mass is 10.2. The molecule has 22 heavy (non-hydrogen) atoms. The van der Waals surface area contributed by atoms with Crippen molar-refractivity contribution >= 4 is 39.1 Å². The van der Waals surface area contributed by atoms with Gasteiger partial charge in [-0.15, -0.1) is 0 Å². The Morgan fingerprint density at radius 2 is 1.45 bits per heavy atom. The van der Waals surface area contributed by atoms with Crippen LogP contribution in [-0.2, 0) is 10.2 Å². The number of hydrogen-bond donors (Lipinski definition) is 0. The average molecular weight is 364 g/mol. The van der Waals surface area contributed by atoms with E-state index in [1.54, 1.807) is 14.7 Å². The van der Waals surface area contributed by atoms with Crippen LogP contribution in [0.5, 0.6) is 0 Å². The van der Waals surface area contributed by atoms with E-state index in [0.29, 0.717) is 49.3 Å². The molecule has 2 fully saturated rings. The molecule has 0 saturated carbocycles. The SMILES string of the molecule is O=S(=O)(N1CCCC1)N1CCN(c2cccc(Cl)c2Cl)CC1. The fraction of sp³-hybridized carbons (Fsp3) is 0.571.